The summed E-state index contributed by atoms with van der Waals surface area (Å²) in [5, 5.41) is 15.1. The topological polar surface area (TPSA) is 79.8 Å². The Morgan fingerprint density at radius 1 is 1.30 bits per heavy atom. The Hall–Kier alpha value is -1.95. The van der Waals surface area contributed by atoms with E-state index in [9.17, 15) is 4.79 Å². The lowest BCUT2D eigenvalue weighted by Crippen LogP contribution is -2.51. The first-order valence-electron chi connectivity index (χ1n) is 8.04. The van der Waals surface area contributed by atoms with Crippen molar-refractivity contribution in [2.45, 2.75) is 43.2 Å². The largest absolute Gasteiger partial charge is 0.493 e. The number of amides is 1. The van der Waals surface area contributed by atoms with Gasteiger partial charge in [-0.3, -0.25) is 0 Å². The lowest BCUT2D eigenvalue weighted by molar-refractivity contribution is 0.173. The van der Waals surface area contributed by atoms with E-state index in [1.807, 2.05) is 6.07 Å². The maximum Gasteiger partial charge on any atom is 0.404 e. The van der Waals surface area contributed by atoms with Crippen LogP contribution in [0, 0.1) is 0 Å². The van der Waals surface area contributed by atoms with E-state index in [2.05, 4.69) is 22.8 Å². The number of fused-ring (bicyclic) bond motifs is 1. The van der Waals surface area contributed by atoms with Crippen molar-refractivity contribution < 1.29 is 19.4 Å². The second kappa shape index (κ2) is 6.28. The minimum absolute atomic E-state index is 0.0244. The van der Waals surface area contributed by atoms with Crippen molar-refractivity contribution in [2.75, 3.05) is 20.8 Å². The smallest absolute Gasteiger partial charge is 0.404 e. The fourth-order valence-corrected chi connectivity index (χ4v) is 4.22. The Balaban J connectivity index is 1.87. The lowest BCUT2D eigenvalue weighted by Gasteiger charge is -2.42. The molecule has 1 aromatic carbocycles. The van der Waals surface area contributed by atoms with Gasteiger partial charge in [0.25, 0.3) is 0 Å². The van der Waals surface area contributed by atoms with Gasteiger partial charge >= 0.3 is 6.09 Å². The molecule has 3 N–H and O–H groups in total. The zero-order valence-corrected chi connectivity index (χ0v) is 13.6. The van der Waals surface area contributed by atoms with Gasteiger partial charge in [-0.05, 0) is 49.9 Å². The van der Waals surface area contributed by atoms with Gasteiger partial charge in [0.05, 0.1) is 14.2 Å². The van der Waals surface area contributed by atoms with E-state index in [0.29, 0.717) is 0 Å². The Labute approximate surface area is 136 Å². The SMILES string of the molecule is COc1ccc(C23CCNC2CC(NC(=O)O)CC3)cc1OC. The minimum atomic E-state index is -0.938. The molecule has 1 aromatic rings. The lowest BCUT2D eigenvalue weighted by atomic mass is 9.65. The van der Waals surface area contributed by atoms with Crippen LogP contribution in [0.15, 0.2) is 18.2 Å². The molecule has 3 unspecified atom stereocenters. The molecule has 6 heteroatoms. The Kier molecular flexibility index (Phi) is 4.35. The van der Waals surface area contributed by atoms with Crippen LogP contribution >= 0.6 is 0 Å². The van der Waals surface area contributed by atoms with Crippen molar-refractivity contribution in [1.29, 1.82) is 0 Å². The van der Waals surface area contributed by atoms with E-state index in [4.69, 9.17) is 14.6 Å². The van der Waals surface area contributed by atoms with Gasteiger partial charge in [-0.2, -0.15) is 0 Å². The highest BCUT2D eigenvalue weighted by Crippen LogP contribution is 2.47. The van der Waals surface area contributed by atoms with Crippen molar-refractivity contribution in [3.05, 3.63) is 23.8 Å². The number of methoxy groups -OCH3 is 2. The van der Waals surface area contributed by atoms with Crippen LogP contribution in [0.25, 0.3) is 0 Å². The van der Waals surface area contributed by atoms with Crippen molar-refractivity contribution in [2.24, 2.45) is 0 Å². The summed E-state index contributed by atoms with van der Waals surface area (Å²) >= 11 is 0. The Bertz CT molecular complexity index is 592. The molecule has 23 heavy (non-hydrogen) atoms. The van der Waals surface area contributed by atoms with E-state index in [0.717, 1.165) is 43.7 Å². The third-order valence-electron chi connectivity index (χ3n) is 5.37. The molecule has 2 aliphatic rings. The molecule has 3 atom stereocenters. The first kappa shape index (κ1) is 15.9. The fourth-order valence-electron chi connectivity index (χ4n) is 4.22. The van der Waals surface area contributed by atoms with Gasteiger partial charge in [-0.15, -0.1) is 0 Å². The molecule has 3 rings (SSSR count). The molecule has 0 aromatic heterocycles. The summed E-state index contributed by atoms with van der Waals surface area (Å²) in [7, 11) is 3.29. The number of nitrogens with one attached hydrogen (secondary N) is 2. The highest BCUT2D eigenvalue weighted by atomic mass is 16.5. The summed E-state index contributed by atoms with van der Waals surface area (Å²) in [4.78, 5) is 10.9. The molecular formula is C17H24N2O4. The van der Waals surface area contributed by atoms with Gasteiger partial charge in [0.15, 0.2) is 11.5 Å². The van der Waals surface area contributed by atoms with Crippen LogP contribution < -0.4 is 20.1 Å². The Morgan fingerprint density at radius 3 is 2.78 bits per heavy atom. The van der Waals surface area contributed by atoms with Crippen molar-refractivity contribution in [1.82, 2.24) is 10.6 Å². The van der Waals surface area contributed by atoms with Gasteiger partial charge in [0, 0.05) is 17.5 Å². The summed E-state index contributed by atoms with van der Waals surface area (Å²) in [5.41, 5.74) is 1.30. The van der Waals surface area contributed by atoms with E-state index >= 15 is 0 Å². The van der Waals surface area contributed by atoms with Gasteiger partial charge in [0.1, 0.15) is 0 Å². The molecule has 0 radical (unpaired) electrons. The second-order valence-electron chi connectivity index (χ2n) is 6.40. The molecular weight excluding hydrogens is 296 g/mol. The van der Waals surface area contributed by atoms with Crippen LogP contribution in [0.1, 0.15) is 31.2 Å². The van der Waals surface area contributed by atoms with Gasteiger partial charge in [0.2, 0.25) is 0 Å². The average molecular weight is 320 g/mol. The van der Waals surface area contributed by atoms with E-state index in [-0.39, 0.29) is 17.5 Å². The monoisotopic (exact) mass is 320 g/mol. The highest BCUT2D eigenvalue weighted by Gasteiger charge is 2.48. The quantitative estimate of drug-likeness (QED) is 0.792. The van der Waals surface area contributed by atoms with E-state index in [1.54, 1.807) is 14.2 Å². The predicted octanol–water partition coefficient (Wildman–Crippen LogP) is 2.12. The molecule has 1 aliphatic heterocycles. The number of rotatable bonds is 4. The zero-order chi connectivity index (χ0) is 16.4. The molecule has 1 saturated heterocycles. The van der Waals surface area contributed by atoms with E-state index in [1.165, 1.54) is 5.56 Å². The summed E-state index contributed by atoms with van der Waals surface area (Å²) in [6.07, 6.45) is 2.77. The Morgan fingerprint density at radius 2 is 2.09 bits per heavy atom. The average Bonchev–Trinajstić information content (AvgIpc) is 2.97. The van der Waals surface area contributed by atoms with Crippen LogP contribution in [0.2, 0.25) is 0 Å². The van der Waals surface area contributed by atoms with Crippen LogP contribution in [0.4, 0.5) is 4.79 Å². The fraction of sp³-hybridized carbons (Fsp3) is 0.588. The van der Waals surface area contributed by atoms with Crippen LogP contribution in [0.3, 0.4) is 0 Å². The number of benzene rings is 1. The molecule has 1 amide bonds. The van der Waals surface area contributed by atoms with Crippen LogP contribution in [-0.4, -0.2) is 44.0 Å². The third kappa shape index (κ3) is 2.83. The normalized spacial score (nSPS) is 29.7. The maximum atomic E-state index is 10.9. The van der Waals surface area contributed by atoms with E-state index < -0.39 is 6.09 Å². The van der Waals surface area contributed by atoms with Crippen molar-refractivity contribution >= 4 is 6.09 Å². The molecule has 1 heterocycles. The first-order valence-corrected chi connectivity index (χ1v) is 8.04. The number of carbonyl (C=O) groups is 1. The summed E-state index contributed by atoms with van der Waals surface area (Å²) < 4.78 is 10.8. The molecule has 126 valence electrons. The second-order valence-corrected chi connectivity index (χ2v) is 6.40. The molecule has 0 bridgehead atoms. The van der Waals surface area contributed by atoms with Crippen LogP contribution in [0.5, 0.6) is 11.5 Å². The van der Waals surface area contributed by atoms with Gasteiger partial charge in [-0.25, -0.2) is 4.79 Å². The summed E-state index contributed by atoms with van der Waals surface area (Å²) in [6, 6.07) is 6.46. The standard InChI is InChI=1S/C17H24N2O4/c1-22-13-4-3-11(9-14(13)23-2)17-6-5-12(19-16(20)21)10-15(17)18-8-7-17/h3-4,9,12,15,18-19H,5-8,10H2,1-2H3,(H,20,21). The summed E-state index contributed by atoms with van der Waals surface area (Å²) in [5.74, 6) is 1.48. The van der Waals surface area contributed by atoms with Gasteiger partial charge in [-0.1, -0.05) is 6.07 Å². The molecule has 6 nitrogen and oxygen atoms in total. The molecule has 2 fully saturated rings. The predicted molar refractivity (Wildman–Crippen MR) is 86.4 cm³/mol. The molecule has 0 spiro atoms. The number of hydrogen-bond donors (Lipinski definition) is 3. The first-order chi connectivity index (χ1) is 11.1. The number of hydrogen-bond acceptors (Lipinski definition) is 4. The van der Waals surface area contributed by atoms with Crippen LogP contribution in [-0.2, 0) is 5.41 Å². The van der Waals surface area contributed by atoms with Crippen molar-refractivity contribution in [3.63, 3.8) is 0 Å². The highest BCUT2D eigenvalue weighted by molar-refractivity contribution is 5.64. The number of carboxylic acid groups (broad SMARTS) is 1. The minimum Gasteiger partial charge on any atom is -0.493 e. The summed E-state index contributed by atoms with van der Waals surface area (Å²) in [6.45, 7) is 0.957. The van der Waals surface area contributed by atoms with Crippen molar-refractivity contribution in [3.8, 4) is 11.5 Å². The maximum absolute atomic E-state index is 10.9. The number of ether oxygens (including phenoxy) is 2. The third-order valence-corrected chi connectivity index (χ3v) is 5.37. The molecule has 1 saturated carbocycles. The van der Waals surface area contributed by atoms with Gasteiger partial charge < -0.3 is 25.2 Å². The zero-order valence-electron chi connectivity index (χ0n) is 13.6. The molecule has 1 aliphatic carbocycles.